The molecule has 1 unspecified atom stereocenters. The van der Waals surface area contributed by atoms with Crippen molar-refractivity contribution in [3.8, 4) is 0 Å². The Bertz CT molecular complexity index is 549. The van der Waals surface area contributed by atoms with E-state index in [0.717, 1.165) is 11.4 Å². The van der Waals surface area contributed by atoms with Crippen molar-refractivity contribution >= 4 is 11.7 Å². The van der Waals surface area contributed by atoms with Crippen LogP contribution in [-0.2, 0) is 6.42 Å². The van der Waals surface area contributed by atoms with Crippen molar-refractivity contribution in [3.63, 3.8) is 0 Å². The van der Waals surface area contributed by atoms with Gasteiger partial charge in [-0.3, -0.25) is 0 Å². The number of furan rings is 1. The first-order valence-electron chi connectivity index (χ1n) is 7.03. The SMILES string of the molecule is CNC(C)c1ccc(NC(=O)NCCc2ccco2)cc1. The Morgan fingerprint density at radius 1 is 1.24 bits per heavy atom. The van der Waals surface area contributed by atoms with Crippen molar-refractivity contribution in [1.82, 2.24) is 10.6 Å². The molecule has 0 saturated heterocycles. The molecule has 1 aromatic heterocycles. The first kappa shape index (κ1) is 15.1. The van der Waals surface area contributed by atoms with Gasteiger partial charge >= 0.3 is 6.03 Å². The summed E-state index contributed by atoms with van der Waals surface area (Å²) in [5, 5.41) is 8.77. The summed E-state index contributed by atoms with van der Waals surface area (Å²) in [6.45, 7) is 2.62. The summed E-state index contributed by atoms with van der Waals surface area (Å²) in [7, 11) is 1.92. The third-order valence-corrected chi connectivity index (χ3v) is 3.34. The average molecular weight is 287 g/mol. The zero-order valence-corrected chi connectivity index (χ0v) is 12.3. The zero-order valence-electron chi connectivity index (χ0n) is 12.3. The van der Waals surface area contributed by atoms with Crippen LogP contribution in [0.25, 0.3) is 0 Å². The molecule has 0 bridgehead atoms. The molecule has 1 heterocycles. The normalized spacial score (nSPS) is 11.9. The lowest BCUT2D eigenvalue weighted by atomic mass is 10.1. The number of benzene rings is 1. The van der Waals surface area contributed by atoms with E-state index in [4.69, 9.17) is 4.42 Å². The smallest absolute Gasteiger partial charge is 0.319 e. The van der Waals surface area contributed by atoms with Crippen LogP contribution in [-0.4, -0.2) is 19.6 Å². The maximum Gasteiger partial charge on any atom is 0.319 e. The van der Waals surface area contributed by atoms with Gasteiger partial charge in [-0.1, -0.05) is 12.1 Å². The number of carbonyl (C=O) groups excluding carboxylic acids is 1. The van der Waals surface area contributed by atoms with Crippen molar-refractivity contribution in [2.75, 3.05) is 18.9 Å². The summed E-state index contributed by atoms with van der Waals surface area (Å²) < 4.78 is 5.20. The van der Waals surface area contributed by atoms with Gasteiger partial charge in [0.25, 0.3) is 0 Å². The fraction of sp³-hybridized carbons (Fsp3) is 0.312. The maximum atomic E-state index is 11.8. The van der Waals surface area contributed by atoms with Gasteiger partial charge in [-0.05, 0) is 43.8 Å². The Hall–Kier alpha value is -2.27. The van der Waals surface area contributed by atoms with E-state index in [1.54, 1.807) is 6.26 Å². The molecule has 1 atom stereocenters. The second kappa shape index (κ2) is 7.50. The van der Waals surface area contributed by atoms with E-state index in [1.165, 1.54) is 5.56 Å². The Morgan fingerprint density at radius 3 is 2.62 bits per heavy atom. The maximum absolute atomic E-state index is 11.8. The van der Waals surface area contributed by atoms with E-state index in [2.05, 4.69) is 22.9 Å². The van der Waals surface area contributed by atoms with E-state index >= 15 is 0 Å². The van der Waals surface area contributed by atoms with Crippen molar-refractivity contribution in [2.45, 2.75) is 19.4 Å². The highest BCUT2D eigenvalue weighted by Gasteiger charge is 2.04. The van der Waals surface area contributed by atoms with Crippen LogP contribution in [0.2, 0.25) is 0 Å². The molecule has 0 fully saturated rings. The quantitative estimate of drug-likeness (QED) is 0.765. The molecule has 0 aliphatic rings. The van der Waals surface area contributed by atoms with E-state index < -0.39 is 0 Å². The number of hydrogen-bond acceptors (Lipinski definition) is 3. The van der Waals surface area contributed by atoms with Gasteiger partial charge in [0.2, 0.25) is 0 Å². The Kier molecular flexibility index (Phi) is 5.40. The van der Waals surface area contributed by atoms with E-state index in [-0.39, 0.29) is 6.03 Å². The van der Waals surface area contributed by atoms with Gasteiger partial charge in [0, 0.05) is 24.7 Å². The van der Waals surface area contributed by atoms with E-state index in [9.17, 15) is 4.79 Å². The number of hydrogen-bond donors (Lipinski definition) is 3. The molecule has 0 saturated carbocycles. The first-order chi connectivity index (χ1) is 10.2. The van der Waals surface area contributed by atoms with Gasteiger partial charge in [-0.2, -0.15) is 0 Å². The lowest BCUT2D eigenvalue weighted by Gasteiger charge is -2.12. The van der Waals surface area contributed by atoms with Crippen LogP contribution < -0.4 is 16.0 Å². The van der Waals surface area contributed by atoms with Gasteiger partial charge in [0.05, 0.1) is 6.26 Å². The van der Waals surface area contributed by atoms with Gasteiger partial charge in [0.1, 0.15) is 5.76 Å². The number of amides is 2. The van der Waals surface area contributed by atoms with Crippen LogP contribution in [0, 0.1) is 0 Å². The minimum atomic E-state index is -0.212. The molecule has 0 aliphatic carbocycles. The van der Waals surface area contributed by atoms with E-state index in [0.29, 0.717) is 19.0 Å². The van der Waals surface area contributed by atoms with Crippen molar-refractivity contribution < 1.29 is 9.21 Å². The summed E-state index contributed by atoms with van der Waals surface area (Å²) in [5.41, 5.74) is 1.96. The standard InChI is InChI=1S/C16H21N3O2/c1-12(17-2)13-5-7-14(8-6-13)19-16(20)18-10-9-15-4-3-11-21-15/h3-8,11-12,17H,9-10H2,1-2H3,(H2,18,19,20). The minimum Gasteiger partial charge on any atom is -0.469 e. The van der Waals surface area contributed by atoms with Crippen LogP contribution in [0.1, 0.15) is 24.3 Å². The predicted octanol–water partition coefficient (Wildman–Crippen LogP) is 2.92. The minimum absolute atomic E-state index is 0.212. The largest absolute Gasteiger partial charge is 0.469 e. The molecule has 21 heavy (non-hydrogen) atoms. The zero-order chi connectivity index (χ0) is 15.1. The molecule has 0 radical (unpaired) electrons. The number of anilines is 1. The summed E-state index contributed by atoms with van der Waals surface area (Å²) >= 11 is 0. The molecule has 5 heteroatoms. The molecule has 5 nitrogen and oxygen atoms in total. The van der Waals surface area contributed by atoms with Gasteiger partial charge in [-0.15, -0.1) is 0 Å². The van der Waals surface area contributed by atoms with Crippen LogP contribution in [0.3, 0.4) is 0 Å². The van der Waals surface area contributed by atoms with Crippen LogP contribution in [0.4, 0.5) is 10.5 Å². The highest BCUT2D eigenvalue weighted by atomic mass is 16.3. The molecule has 0 aliphatic heterocycles. The summed E-state index contributed by atoms with van der Waals surface area (Å²) in [6.07, 6.45) is 2.31. The van der Waals surface area contributed by atoms with Gasteiger partial charge in [0.15, 0.2) is 0 Å². The summed E-state index contributed by atoms with van der Waals surface area (Å²) in [6, 6.07) is 11.6. The molecule has 0 spiro atoms. The third kappa shape index (κ3) is 4.65. The molecular formula is C16H21N3O2. The first-order valence-corrected chi connectivity index (χ1v) is 7.03. The van der Waals surface area contributed by atoms with Crippen LogP contribution in [0.15, 0.2) is 47.1 Å². The lowest BCUT2D eigenvalue weighted by molar-refractivity contribution is 0.252. The predicted molar refractivity (Wildman–Crippen MR) is 83.4 cm³/mol. The fourth-order valence-corrected chi connectivity index (χ4v) is 1.95. The molecular weight excluding hydrogens is 266 g/mol. The van der Waals surface area contributed by atoms with Crippen molar-refractivity contribution in [2.24, 2.45) is 0 Å². The Labute approximate surface area is 124 Å². The molecule has 1 aromatic carbocycles. The Morgan fingerprint density at radius 2 is 2.00 bits per heavy atom. The topological polar surface area (TPSA) is 66.3 Å². The molecule has 2 rings (SSSR count). The monoisotopic (exact) mass is 287 g/mol. The summed E-state index contributed by atoms with van der Waals surface area (Å²) in [4.78, 5) is 11.8. The average Bonchev–Trinajstić information content (AvgIpc) is 3.00. The molecule has 2 aromatic rings. The fourth-order valence-electron chi connectivity index (χ4n) is 1.95. The number of rotatable bonds is 6. The third-order valence-electron chi connectivity index (χ3n) is 3.34. The molecule has 112 valence electrons. The van der Waals surface area contributed by atoms with Crippen LogP contribution in [0.5, 0.6) is 0 Å². The number of carbonyl (C=O) groups is 1. The summed E-state index contributed by atoms with van der Waals surface area (Å²) in [5.74, 6) is 0.862. The second-order valence-corrected chi connectivity index (χ2v) is 4.84. The highest BCUT2D eigenvalue weighted by molar-refractivity contribution is 5.89. The molecule has 3 N–H and O–H groups in total. The lowest BCUT2D eigenvalue weighted by Crippen LogP contribution is -2.30. The van der Waals surface area contributed by atoms with Crippen LogP contribution >= 0.6 is 0 Å². The second-order valence-electron chi connectivity index (χ2n) is 4.84. The molecule has 2 amide bonds. The van der Waals surface area contributed by atoms with Crippen molar-refractivity contribution in [1.29, 1.82) is 0 Å². The number of nitrogens with one attached hydrogen (secondary N) is 3. The highest BCUT2D eigenvalue weighted by Crippen LogP contribution is 2.15. The van der Waals surface area contributed by atoms with Gasteiger partial charge < -0.3 is 20.4 Å². The Balaban J connectivity index is 1.77. The van der Waals surface area contributed by atoms with Gasteiger partial charge in [-0.25, -0.2) is 4.79 Å². The van der Waals surface area contributed by atoms with E-state index in [1.807, 2.05) is 43.4 Å². The number of urea groups is 1. The van der Waals surface area contributed by atoms with Crippen molar-refractivity contribution in [3.05, 3.63) is 54.0 Å².